The highest BCUT2D eigenvalue weighted by Gasteiger charge is 2.31. The van der Waals surface area contributed by atoms with Crippen molar-refractivity contribution in [1.29, 1.82) is 0 Å². The summed E-state index contributed by atoms with van der Waals surface area (Å²) in [4.78, 5) is 28.7. The van der Waals surface area contributed by atoms with Crippen LogP contribution in [0.1, 0.15) is 5.56 Å². The first-order valence-corrected chi connectivity index (χ1v) is 12.0. The van der Waals surface area contributed by atoms with E-state index in [1.54, 1.807) is 4.72 Å². The smallest absolute Gasteiger partial charge is 0.307 e. The number of thiophene rings is 1. The lowest BCUT2D eigenvalue weighted by molar-refractivity contribution is -0.137. The van der Waals surface area contributed by atoms with Crippen molar-refractivity contribution in [3.63, 3.8) is 0 Å². The van der Waals surface area contributed by atoms with Crippen molar-refractivity contribution in [2.24, 2.45) is 0 Å². The average molecular weight is 547 g/mol. The van der Waals surface area contributed by atoms with Crippen LogP contribution in [-0.2, 0) is 16.2 Å². The highest BCUT2D eigenvalue weighted by molar-refractivity contribution is 7.92. The number of aromatic nitrogens is 2. The lowest BCUT2D eigenvalue weighted by atomic mass is 10.1. The molecule has 2 aromatic carbocycles. The first-order valence-electron chi connectivity index (χ1n) is 9.33. The molecule has 0 radical (unpaired) electrons. The first kappa shape index (κ1) is 24.6. The molecule has 2 aromatic heterocycles. The van der Waals surface area contributed by atoms with E-state index in [2.05, 4.69) is 10.3 Å². The standard InChI is InChI=1S/C20H11ClF4N4O4S2/c21-16-5-6-17(34-16)35(32,33)28-19(31)27-11-2-4-15(13(22)8-11)29-9-26-14-3-1-10(20(23,24)25)7-12(14)18(29)30/h1-9H,(H2,27,28,31). The van der Waals surface area contributed by atoms with E-state index in [1.807, 2.05) is 0 Å². The Bertz CT molecular complexity index is 1630. The Labute approximate surface area is 202 Å². The maximum absolute atomic E-state index is 14.8. The molecule has 0 bridgehead atoms. The van der Waals surface area contributed by atoms with Crippen LogP contribution in [0, 0.1) is 5.82 Å². The molecule has 2 heterocycles. The Morgan fingerprint density at radius 2 is 1.83 bits per heavy atom. The summed E-state index contributed by atoms with van der Waals surface area (Å²) in [5, 5.41) is 1.76. The van der Waals surface area contributed by atoms with E-state index in [9.17, 15) is 35.6 Å². The summed E-state index contributed by atoms with van der Waals surface area (Å²) >= 11 is 6.42. The minimum absolute atomic E-state index is 0.0112. The van der Waals surface area contributed by atoms with Gasteiger partial charge in [-0.15, -0.1) is 11.3 Å². The van der Waals surface area contributed by atoms with Crippen molar-refractivity contribution < 1.29 is 30.8 Å². The van der Waals surface area contributed by atoms with Crippen LogP contribution in [0.5, 0.6) is 0 Å². The SMILES string of the molecule is O=C(Nc1ccc(-n2cnc3ccc(C(F)(F)F)cc3c2=O)c(F)c1)NS(=O)(=O)c1ccc(Cl)s1. The third-order valence-corrected chi connectivity index (χ3v) is 7.64. The molecule has 4 aromatic rings. The van der Waals surface area contributed by atoms with Gasteiger partial charge in [-0.05, 0) is 48.5 Å². The third-order valence-electron chi connectivity index (χ3n) is 4.59. The number of sulfonamides is 1. The number of urea groups is 1. The quantitative estimate of drug-likeness (QED) is 0.358. The van der Waals surface area contributed by atoms with Crippen LogP contribution in [-0.4, -0.2) is 24.0 Å². The number of nitrogens with zero attached hydrogens (tertiary/aromatic N) is 2. The Hall–Kier alpha value is -3.49. The number of benzene rings is 2. The molecular formula is C20H11ClF4N4O4S2. The summed E-state index contributed by atoms with van der Waals surface area (Å²) in [6, 6.07) is 6.81. The number of nitrogens with one attached hydrogen (secondary N) is 2. The molecule has 0 fully saturated rings. The summed E-state index contributed by atoms with van der Waals surface area (Å²) in [6.45, 7) is 0. The maximum atomic E-state index is 14.8. The number of hydrogen-bond acceptors (Lipinski definition) is 6. The van der Waals surface area contributed by atoms with E-state index in [0.717, 1.165) is 48.0 Å². The van der Waals surface area contributed by atoms with E-state index in [0.29, 0.717) is 10.6 Å². The second kappa shape index (κ2) is 8.94. The second-order valence-electron chi connectivity index (χ2n) is 6.93. The van der Waals surface area contributed by atoms with Crippen LogP contribution in [0.15, 0.2) is 63.9 Å². The van der Waals surface area contributed by atoms with Gasteiger partial charge in [0.25, 0.3) is 15.6 Å². The number of amides is 2. The molecule has 8 nitrogen and oxygen atoms in total. The monoisotopic (exact) mass is 546 g/mol. The molecule has 182 valence electrons. The zero-order chi connectivity index (χ0) is 25.5. The van der Waals surface area contributed by atoms with Crippen molar-refractivity contribution in [1.82, 2.24) is 14.3 Å². The molecule has 15 heteroatoms. The molecular weight excluding hydrogens is 536 g/mol. The van der Waals surface area contributed by atoms with Crippen molar-refractivity contribution in [2.45, 2.75) is 10.4 Å². The molecule has 0 saturated heterocycles. The highest BCUT2D eigenvalue weighted by atomic mass is 35.5. The molecule has 0 aliphatic heterocycles. The van der Waals surface area contributed by atoms with Crippen LogP contribution >= 0.6 is 22.9 Å². The number of carbonyl (C=O) groups excluding carboxylic acids is 1. The fraction of sp³-hybridized carbons (Fsp3) is 0.0500. The third kappa shape index (κ3) is 5.13. The first-order chi connectivity index (χ1) is 16.3. The zero-order valence-corrected chi connectivity index (χ0v) is 19.3. The van der Waals surface area contributed by atoms with Gasteiger partial charge in [-0.3, -0.25) is 9.36 Å². The highest BCUT2D eigenvalue weighted by Crippen LogP contribution is 2.30. The van der Waals surface area contributed by atoms with Gasteiger partial charge in [0.2, 0.25) is 0 Å². The second-order valence-corrected chi connectivity index (χ2v) is 10.6. The largest absolute Gasteiger partial charge is 0.416 e. The fourth-order valence-electron chi connectivity index (χ4n) is 3.02. The number of fused-ring (bicyclic) bond motifs is 1. The number of halogens is 5. The lowest BCUT2D eigenvalue weighted by Gasteiger charge is -2.12. The minimum Gasteiger partial charge on any atom is -0.307 e. The summed E-state index contributed by atoms with van der Waals surface area (Å²) in [5.41, 5.74) is -2.53. The van der Waals surface area contributed by atoms with E-state index in [4.69, 9.17) is 11.6 Å². The van der Waals surface area contributed by atoms with Gasteiger partial charge in [-0.25, -0.2) is 27.3 Å². The van der Waals surface area contributed by atoms with E-state index in [-0.39, 0.29) is 30.8 Å². The summed E-state index contributed by atoms with van der Waals surface area (Å²) in [7, 11) is -4.22. The van der Waals surface area contributed by atoms with Gasteiger partial charge in [0.15, 0.2) is 0 Å². The Morgan fingerprint density at radius 1 is 1.09 bits per heavy atom. The van der Waals surface area contributed by atoms with Gasteiger partial charge >= 0.3 is 12.2 Å². The van der Waals surface area contributed by atoms with Crippen LogP contribution in [0.2, 0.25) is 4.34 Å². The lowest BCUT2D eigenvalue weighted by Crippen LogP contribution is -2.34. The topological polar surface area (TPSA) is 110 Å². The molecule has 2 N–H and O–H groups in total. The number of carbonyl (C=O) groups is 1. The molecule has 35 heavy (non-hydrogen) atoms. The fourth-order valence-corrected chi connectivity index (χ4v) is 5.41. The molecule has 0 spiro atoms. The molecule has 0 aliphatic rings. The number of anilines is 1. The predicted molar refractivity (Wildman–Crippen MR) is 121 cm³/mol. The van der Waals surface area contributed by atoms with Crippen molar-refractivity contribution in [3.05, 3.63) is 80.9 Å². The van der Waals surface area contributed by atoms with Gasteiger partial charge in [0.1, 0.15) is 16.4 Å². The maximum Gasteiger partial charge on any atom is 0.416 e. The van der Waals surface area contributed by atoms with Gasteiger partial charge in [-0.1, -0.05) is 11.6 Å². The normalized spacial score (nSPS) is 12.0. The Balaban J connectivity index is 1.60. The van der Waals surface area contributed by atoms with E-state index >= 15 is 0 Å². The molecule has 4 rings (SSSR count). The number of hydrogen-bond donors (Lipinski definition) is 2. The van der Waals surface area contributed by atoms with Gasteiger partial charge < -0.3 is 5.32 Å². The predicted octanol–water partition coefficient (Wildman–Crippen LogP) is 4.77. The average Bonchev–Trinajstić information content (AvgIpc) is 3.21. The summed E-state index contributed by atoms with van der Waals surface area (Å²) in [6.07, 6.45) is -3.74. The molecule has 0 aliphatic carbocycles. The van der Waals surface area contributed by atoms with Gasteiger partial charge in [0, 0.05) is 5.69 Å². The number of rotatable bonds is 4. The van der Waals surface area contributed by atoms with Crippen LogP contribution < -0.4 is 15.6 Å². The van der Waals surface area contributed by atoms with E-state index < -0.39 is 39.2 Å². The van der Waals surface area contributed by atoms with Crippen LogP contribution in [0.3, 0.4) is 0 Å². The van der Waals surface area contributed by atoms with Crippen LogP contribution in [0.4, 0.5) is 28.0 Å². The molecule has 2 amide bonds. The van der Waals surface area contributed by atoms with Crippen LogP contribution in [0.25, 0.3) is 16.6 Å². The molecule has 0 atom stereocenters. The van der Waals surface area contributed by atoms with Gasteiger partial charge in [0.05, 0.1) is 26.5 Å². The summed E-state index contributed by atoms with van der Waals surface area (Å²) in [5.74, 6) is -1.04. The number of alkyl halides is 3. The van der Waals surface area contributed by atoms with Gasteiger partial charge in [-0.2, -0.15) is 13.2 Å². The summed E-state index contributed by atoms with van der Waals surface area (Å²) < 4.78 is 80.6. The zero-order valence-electron chi connectivity index (χ0n) is 16.9. The van der Waals surface area contributed by atoms with E-state index in [1.165, 1.54) is 12.1 Å². The van der Waals surface area contributed by atoms with Crippen molar-refractivity contribution in [2.75, 3.05) is 5.32 Å². The molecule has 0 unspecified atom stereocenters. The Morgan fingerprint density at radius 3 is 2.46 bits per heavy atom. The minimum atomic E-state index is -4.69. The molecule has 0 saturated carbocycles. The van der Waals surface area contributed by atoms with Crippen molar-refractivity contribution >= 4 is 55.6 Å². The van der Waals surface area contributed by atoms with Crippen molar-refractivity contribution in [3.8, 4) is 5.69 Å². The Kier molecular flexibility index (Phi) is 6.29.